The van der Waals surface area contributed by atoms with Crippen molar-refractivity contribution in [3.63, 3.8) is 0 Å². The minimum atomic E-state index is -1.01. The van der Waals surface area contributed by atoms with Crippen LogP contribution < -0.4 is 10.1 Å². The van der Waals surface area contributed by atoms with Crippen LogP contribution in [-0.2, 0) is 0 Å². The zero-order chi connectivity index (χ0) is 15.2. The topological polar surface area (TPSA) is 58.6 Å². The molecule has 0 heterocycles. The van der Waals surface area contributed by atoms with Gasteiger partial charge in [-0.25, -0.2) is 4.79 Å². The number of nitrogens with one attached hydrogen (secondary N) is 1. The van der Waals surface area contributed by atoms with Crippen molar-refractivity contribution in [2.75, 3.05) is 18.5 Å². The lowest BCUT2D eigenvalue weighted by atomic mass is 10.2. The number of anilines is 1. The second-order valence-electron chi connectivity index (χ2n) is 4.20. The summed E-state index contributed by atoms with van der Waals surface area (Å²) in [5.41, 5.74) is 0.887. The summed E-state index contributed by atoms with van der Waals surface area (Å²) in [7, 11) is 0. The second kappa shape index (κ2) is 7.20. The normalized spacial score (nSPS) is 10.2. The molecule has 0 amide bonds. The van der Waals surface area contributed by atoms with Gasteiger partial charge in [0.2, 0.25) is 0 Å². The number of carboxylic acid groups (broad SMARTS) is 1. The van der Waals surface area contributed by atoms with E-state index in [0.29, 0.717) is 28.9 Å². The van der Waals surface area contributed by atoms with Crippen LogP contribution in [0.5, 0.6) is 5.75 Å². The highest BCUT2D eigenvalue weighted by Gasteiger charge is 2.09. The number of carboxylic acids is 1. The largest absolute Gasteiger partial charge is 0.491 e. The third-order valence-electron chi connectivity index (χ3n) is 2.72. The van der Waals surface area contributed by atoms with Crippen molar-refractivity contribution in [1.29, 1.82) is 0 Å². The molecule has 0 saturated carbocycles. The predicted octanol–water partition coefficient (Wildman–Crippen LogP) is 4.18. The van der Waals surface area contributed by atoms with E-state index in [4.69, 9.17) is 33.0 Å². The summed E-state index contributed by atoms with van der Waals surface area (Å²) in [5, 5.41) is 13.2. The van der Waals surface area contributed by atoms with Gasteiger partial charge < -0.3 is 15.2 Å². The third-order valence-corrected chi connectivity index (χ3v) is 3.27. The Morgan fingerprint density at radius 1 is 1.19 bits per heavy atom. The summed E-state index contributed by atoms with van der Waals surface area (Å²) < 4.78 is 5.47. The standard InChI is InChI=1S/C15H13Cl2NO3/c16-10-5-6-13(12(17)9-10)18-7-8-21-14-4-2-1-3-11(14)15(19)20/h1-6,9,18H,7-8H2,(H,19,20). The molecule has 0 radical (unpaired) electrons. The Bertz CT molecular complexity index is 647. The molecule has 0 aliphatic carbocycles. The Morgan fingerprint density at radius 2 is 1.95 bits per heavy atom. The highest BCUT2D eigenvalue weighted by atomic mass is 35.5. The molecule has 21 heavy (non-hydrogen) atoms. The first-order valence-corrected chi connectivity index (χ1v) is 6.97. The van der Waals surface area contributed by atoms with Crippen LogP contribution in [0.3, 0.4) is 0 Å². The molecule has 2 rings (SSSR count). The Hall–Kier alpha value is -1.91. The van der Waals surface area contributed by atoms with Crippen LogP contribution in [0.2, 0.25) is 10.0 Å². The molecule has 0 aromatic heterocycles. The number of rotatable bonds is 6. The predicted molar refractivity (Wildman–Crippen MR) is 83.8 cm³/mol. The fraction of sp³-hybridized carbons (Fsp3) is 0.133. The van der Waals surface area contributed by atoms with E-state index in [1.165, 1.54) is 6.07 Å². The van der Waals surface area contributed by atoms with E-state index in [1.807, 2.05) is 0 Å². The Labute approximate surface area is 132 Å². The molecule has 0 aliphatic rings. The number of benzene rings is 2. The van der Waals surface area contributed by atoms with Crippen LogP contribution in [0.15, 0.2) is 42.5 Å². The van der Waals surface area contributed by atoms with E-state index in [0.717, 1.165) is 5.69 Å². The van der Waals surface area contributed by atoms with Gasteiger partial charge in [0.1, 0.15) is 17.9 Å². The van der Waals surface area contributed by atoms with Gasteiger partial charge in [-0.1, -0.05) is 35.3 Å². The van der Waals surface area contributed by atoms with E-state index in [9.17, 15) is 4.79 Å². The molecule has 2 aromatic rings. The summed E-state index contributed by atoms with van der Waals surface area (Å²) in [6, 6.07) is 11.7. The lowest BCUT2D eigenvalue weighted by Gasteiger charge is -2.11. The highest BCUT2D eigenvalue weighted by Crippen LogP contribution is 2.25. The van der Waals surface area contributed by atoms with Crippen molar-refractivity contribution < 1.29 is 14.6 Å². The molecule has 0 bridgehead atoms. The molecule has 0 spiro atoms. The van der Waals surface area contributed by atoms with Crippen LogP contribution in [0.4, 0.5) is 5.69 Å². The molecule has 0 fully saturated rings. The second-order valence-corrected chi connectivity index (χ2v) is 5.04. The Kier molecular flexibility index (Phi) is 5.31. The van der Waals surface area contributed by atoms with Gasteiger partial charge >= 0.3 is 5.97 Å². The summed E-state index contributed by atoms with van der Waals surface area (Å²) in [5.74, 6) is -0.673. The highest BCUT2D eigenvalue weighted by molar-refractivity contribution is 6.36. The molecular formula is C15H13Cl2NO3. The summed E-state index contributed by atoms with van der Waals surface area (Å²) in [4.78, 5) is 11.0. The molecule has 2 N–H and O–H groups in total. The van der Waals surface area contributed by atoms with Gasteiger partial charge in [0.05, 0.1) is 10.7 Å². The molecule has 0 atom stereocenters. The minimum Gasteiger partial charge on any atom is -0.491 e. The van der Waals surface area contributed by atoms with Crippen molar-refractivity contribution in [2.45, 2.75) is 0 Å². The smallest absolute Gasteiger partial charge is 0.339 e. The number of hydrogen-bond donors (Lipinski definition) is 2. The van der Waals surface area contributed by atoms with Gasteiger partial charge in [-0.05, 0) is 30.3 Å². The van der Waals surface area contributed by atoms with E-state index in [-0.39, 0.29) is 5.56 Å². The molecule has 0 aliphatic heterocycles. The first kappa shape index (κ1) is 15.5. The molecule has 6 heteroatoms. The Morgan fingerprint density at radius 3 is 2.67 bits per heavy atom. The molecular weight excluding hydrogens is 313 g/mol. The fourth-order valence-electron chi connectivity index (χ4n) is 1.75. The Balaban J connectivity index is 1.89. The van der Waals surface area contributed by atoms with Gasteiger partial charge in [-0.3, -0.25) is 0 Å². The average molecular weight is 326 g/mol. The third kappa shape index (κ3) is 4.28. The zero-order valence-electron chi connectivity index (χ0n) is 11.0. The van der Waals surface area contributed by atoms with E-state index in [1.54, 1.807) is 36.4 Å². The summed E-state index contributed by atoms with van der Waals surface area (Å²) in [6.45, 7) is 0.790. The maximum atomic E-state index is 11.0. The lowest BCUT2D eigenvalue weighted by Crippen LogP contribution is -2.13. The van der Waals surface area contributed by atoms with E-state index < -0.39 is 5.97 Å². The number of para-hydroxylation sites is 1. The van der Waals surface area contributed by atoms with Crippen molar-refractivity contribution in [1.82, 2.24) is 0 Å². The minimum absolute atomic E-state index is 0.141. The maximum absolute atomic E-state index is 11.0. The fourth-order valence-corrected chi connectivity index (χ4v) is 2.22. The van der Waals surface area contributed by atoms with Gasteiger partial charge in [0, 0.05) is 11.6 Å². The van der Waals surface area contributed by atoms with Gasteiger partial charge in [-0.2, -0.15) is 0 Å². The van der Waals surface area contributed by atoms with Crippen LogP contribution in [0.25, 0.3) is 0 Å². The van der Waals surface area contributed by atoms with Crippen molar-refractivity contribution in [3.8, 4) is 5.75 Å². The number of carbonyl (C=O) groups is 1. The molecule has 4 nitrogen and oxygen atoms in total. The SMILES string of the molecule is O=C(O)c1ccccc1OCCNc1ccc(Cl)cc1Cl. The van der Waals surface area contributed by atoms with Crippen LogP contribution in [0.1, 0.15) is 10.4 Å². The van der Waals surface area contributed by atoms with E-state index >= 15 is 0 Å². The van der Waals surface area contributed by atoms with Crippen molar-refractivity contribution >= 4 is 34.9 Å². The monoisotopic (exact) mass is 325 g/mol. The van der Waals surface area contributed by atoms with Gasteiger partial charge in [0.25, 0.3) is 0 Å². The lowest BCUT2D eigenvalue weighted by molar-refractivity contribution is 0.0692. The summed E-state index contributed by atoms with van der Waals surface area (Å²) >= 11 is 11.8. The van der Waals surface area contributed by atoms with Crippen LogP contribution in [0, 0.1) is 0 Å². The van der Waals surface area contributed by atoms with Gasteiger partial charge in [-0.15, -0.1) is 0 Å². The average Bonchev–Trinajstić information content (AvgIpc) is 2.45. The van der Waals surface area contributed by atoms with Crippen molar-refractivity contribution in [2.24, 2.45) is 0 Å². The zero-order valence-corrected chi connectivity index (χ0v) is 12.5. The van der Waals surface area contributed by atoms with Crippen LogP contribution in [-0.4, -0.2) is 24.2 Å². The first-order valence-electron chi connectivity index (χ1n) is 6.22. The number of hydrogen-bond acceptors (Lipinski definition) is 3. The quantitative estimate of drug-likeness (QED) is 0.782. The van der Waals surface area contributed by atoms with Crippen LogP contribution >= 0.6 is 23.2 Å². The summed E-state index contributed by atoms with van der Waals surface area (Å²) in [6.07, 6.45) is 0. The number of ether oxygens (including phenoxy) is 1. The first-order chi connectivity index (χ1) is 10.1. The molecule has 2 aromatic carbocycles. The molecule has 0 saturated heterocycles. The number of aromatic carboxylic acids is 1. The van der Waals surface area contributed by atoms with Crippen molar-refractivity contribution in [3.05, 3.63) is 58.1 Å². The maximum Gasteiger partial charge on any atom is 0.339 e. The number of halogens is 2. The molecule has 110 valence electrons. The molecule has 0 unspecified atom stereocenters. The van der Waals surface area contributed by atoms with Gasteiger partial charge in [0.15, 0.2) is 0 Å². The van der Waals surface area contributed by atoms with E-state index in [2.05, 4.69) is 5.32 Å².